The zero-order valence-electron chi connectivity index (χ0n) is 19.1. The number of hydrogen-bond acceptors (Lipinski definition) is 5. The molecule has 9 heteroatoms. The predicted molar refractivity (Wildman–Crippen MR) is 135 cm³/mol. The summed E-state index contributed by atoms with van der Waals surface area (Å²) < 4.78 is 24.4. The molecule has 1 aromatic carbocycles. The monoisotopic (exact) mass is 559 g/mol. The summed E-state index contributed by atoms with van der Waals surface area (Å²) in [6, 6.07) is 8.83. The van der Waals surface area contributed by atoms with Crippen molar-refractivity contribution in [3.63, 3.8) is 0 Å². The molecule has 0 saturated carbocycles. The maximum atomic E-state index is 13.4. The Bertz CT molecular complexity index is 820. The first-order valence-electron chi connectivity index (χ1n) is 11.1. The normalized spacial score (nSPS) is 16.0. The summed E-state index contributed by atoms with van der Waals surface area (Å²) in [6.07, 6.45) is 2.09. The van der Waals surface area contributed by atoms with Gasteiger partial charge < -0.3 is 19.9 Å². The number of aromatic nitrogens is 1. The van der Waals surface area contributed by atoms with Gasteiger partial charge in [0.15, 0.2) is 11.7 Å². The second-order valence-corrected chi connectivity index (χ2v) is 7.75. The molecule has 178 valence electrons. The number of guanidine groups is 1. The predicted octanol–water partition coefficient (Wildman–Crippen LogP) is 4.07. The van der Waals surface area contributed by atoms with Crippen LogP contribution in [0.5, 0.6) is 0 Å². The lowest BCUT2D eigenvalue weighted by Crippen LogP contribution is -2.46. The van der Waals surface area contributed by atoms with Crippen LogP contribution in [0.25, 0.3) is 0 Å². The van der Waals surface area contributed by atoms with Gasteiger partial charge in [-0.25, -0.2) is 4.39 Å². The third kappa shape index (κ3) is 7.41. The number of aliphatic imine (C=N–C) groups is 1. The molecule has 7 nitrogen and oxygen atoms in total. The first-order valence-corrected chi connectivity index (χ1v) is 11.1. The highest BCUT2D eigenvalue weighted by molar-refractivity contribution is 14.0. The smallest absolute Gasteiger partial charge is 0.191 e. The second-order valence-electron chi connectivity index (χ2n) is 7.75. The molecule has 1 atom stereocenters. The minimum Gasteiger partial charge on any atom is -0.379 e. The minimum absolute atomic E-state index is 0. The zero-order valence-corrected chi connectivity index (χ0v) is 21.5. The van der Waals surface area contributed by atoms with Gasteiger partial charge >= 0.3 is 0 Å². The lowest BCUT2D eigenvalue weighted by atomic mass is 9.99. The van der Waals surface area contributed by atoms with Crippen LogP contribution in [0.3, 0.4) is 0 Å². The molecule has 32 heavy (non-hydrogen) atoms. The number of nitrogens with one attached hydrogen (secondary N) is 2. The number of ether oxygens (including phenoxy) is 1. The van der Waals surface area contributed by atoms with Gasteiger partial charge in [0, 0.05) is 38.7 Å². The maximum absolute atomic E-state index is 13.4. The Kier molecular flexibility index (Phi) is 11.4. The van der Waals surface area contributed by atoms with Gasteiger partial charge in [0.25, 0.3) is 0 Å². The van der Waals surface area contributed by atoms with Gasteiger partial charge in [-0.2, -0.15) is 0 Å². The van der Waals surface area contributed by atoms with Crippen LogP contribution in [-0.4, -0.2) is 55.9 Å². The first-order chi connectivity index (χ1) is 15.1. The second kappa shape index (κ2) is 13.7. The summed E-state index contributed by atoms with van der Waals surface area (Å²) in [5.41, 5.74) is 2.07. The van der Waals surface area contributed by atoms with Crippen molar-refractivity contribution in [1.29, 1.82) is 0 Å². The highest BCUT2D eigenvalue weighted by Crippen LogP contribution is 2.23. The summed E-state index contributed by atoms with van der Waals surface area (Å²) in [6.45, 7) is 8.56. The fourth-order valence-corrected chi connectivity index (χ4v) is 3.93. The van der Waals surface area contributed by atoms with Crippen molar-refractivity contribution in [1.82, 2.24) is 20.7 Å². The molecule has 1 fully saturated rings. The van der Waals surface area contributed by atoms with Crippen LogP contribution in [0.4, 0.5) is 4.39 Å². The third-order valence-corrected chi connectivity index (χ3v) is 5.84. The van der Waals surface area contributed by atoms with Crippen molar-refractivity contribution in [2.75, 3.05) is 39.9 Å². The molecule has 0 bridgehead atoms. The number of morpholine rings is 1. The zero-order chi connectivity index (χ0) is 22.1. The van der Waals surface area contributed by atoms with E-state index in [0.29, 0.717) is 38.2 Å². The highest BCUT2D eigenvalue weighted by Gasteiger charge is 2.23. The van der Waals surface area contributed by atoms with Crippen molar-refractivity contribution in [2.45, 2.75) is 45.2 Å². The Hall–Kier alpha value is -1.72. The van der Waals surface area contributed by atoms with Crippen LogP contribution >= 0.6 is 24.0 Å². The average Bonchev–Trinajstić information content (AvgIpc) is 3.27. The summed E-state index contributed by atoms with van der Waals surface area (Å²) in [5, 5.41) is 10.9. The van der Waals surface area contributed by atoms with E-state index >= 15 is 0 Å². The van der Waals surface area contributed by atoms with E-state index in [0.717, 1.165) is 42.9 Å². The SMILES string of the molecule is CCC(CC)c1cc(CNC(=NC)NCC(c2ccc(F)cc2)N2CCOCC2)on1.I. The molecule has 2 heterocycles. The van der Waals surface area contributed by atoms with Crippen molar-refractivity contribution in [3.8, 4) is 0 Å². The molecule has 1 saturated heterocycles. The minimum atomic E-state index is -0.227. The topological polar surface area (TPSA) is 74.9 Å². The molecule has 1 aliphatic rings. The van der Waals surface area contributed by atoms with Gasteiger partial charge in [-0.05, 0) is 30.5 Å². The Balaban J connectivity index is 0.00000363. The van der Waals surface area contributed by atoms with Crippen LogP contribution in [0.15, 0.2) is 39.8 Å². The van der Waals surface area contributed by atoms with Gasteiger partial charge in [-0.1, -0.05) is 31.1 Å². The van der Waals surface area contributed by atoms with E-state index in [1.54, 1.807) is 7.05 Å². The van der Waals surface area contributed by atoms with Gasteiger partial charge in [-0.15, -0.1) is 24.0 Å². The molecule has 0 amide bonds. The quantitative estimate of drug-likeness (QED) is 0.274. The Morgan fingerprint density at radius 1 is 1.16 bits per heavy atom. The van der Waals surface area contributed by atoms with Crippen molar-refractivity contribution < 1.29 is 13.7 Å². The van der Waals surface area contributed by atoms with E-state index < -0.39 is 0 Å². The van der Waals surface area contributed by atoms with Gasteiger partial charge in [0.2, 0.25) is 0 Å². The first kappa shape index (κ1) is 26.5. The average molecular weight is 559 g/mol. The standard InChI is InChI=1S/C23H34FN5O2.HI/c1-4-17(5-2)21-14-20(31-28-21)15-26-23(25-3)27-16-22(29-10-12-30-13-11-29)18-6-8-19(24)9-7-18;/h6-9,14,17,22H,4-5,10-13,15-16H2,1-3H3,(H2,25,26,27);1H. The van der Waals surface area contributed by atoms with Crippen LogP contribution in [0.2, 0.25) is 0 Å². The van der Waals surface area contributed by atoms with E-state index in [4.69, 9.17) is 9.26 Å². The van der Waals surface area contributed by atoms with Gasteiger partial charge in [-0.3, -0.25) is 9.89 Å². The van der Waals surface area contributed by atoms with Crippen molar-refractivity contribution in [2.24, 2.45) is 4.99 Å². The highest BCUT2D eigenvalue weighted by atomic mass is 127. The molecule has 1 unspecified atom stereocenters. The van der Waals surface area contributed by atoms with Crippen LogP contribution in [0, 0.1) is 5.82 Å². The van der Waals surface area contributed by atoms with E-state index in [2.05, 4.69) is 39.5 Å². The van der Waals surface area contributed by atoms with E-state index in [1.165, 1.54) is 12.1 Å². The number of benzene rings is 1. The molecule has 0 aliphatic carbocycles. The molecule has 0 radical (unpaired) electrons. The molecule has 3 rings (SSSR count). The molecular formula is C23H35FIN5O2. The Morgan fingerprint density at radius 2 is 1.84 bits per heavy atom. The third-order valence-electron chi connectivity index (χ3n) is 5.84. The van der Waals surface area contributed by atoms with Crippen LogP contribution in [-0.2, 0) is 11.3 Å². The molecule has 1 aromatic heterocycles. The van der Waals surface area contributed by atoms with Crippen molar-refractivity contribution >= 4 is 29.9 Å². The molecule has 0 spiro atoms. The Labute approximate surface area is 207 Å². The maximum Gasteiger partial charge on any atom is 0.191 e. The lowest BCUT2D eigenvalue weighted by molar-refractivity contribution is 0.0170. The van der Waals surface area contributed by atoms with E-state index in [-0.39, 0.29) is 35.8 Å². The molecule has 2 N–H and O–H groups in total. The Morgan fingerprint density at radius 3 is 2.47 bits per heavy atom. The molecular weight excluding hydrogens is 524 g/mol. The largest absolute Gasteiger partial charge is 0.379 e. The number of nitrogens with zero attached hydrogens (tertiary/aromatic N) is 3. The van der Waals surface area contributed by atoms with Crippen LogP contribution in [0.1, 0.15) is 55.7 Å². The number of halogens is 2. The van der Waals surface area contributed by atoms with E-state index in [9.17, 15) is 4.39 Å². The summed E-state index contributed by atoms with van der Waals surface area (Å²) in [7, 11) is 1.74. The lowest BCUT2D eigenvalue weighted by Gasteiger charge is -2.35. The molecule has 2 aromatic rings. The summed E-state index contributed by atoms with van der Waals surface area (Å²) in [5.74, 6) is 1.67. The number of hydrogen-bond donors (Lipinski definition) is 2. The fraction of sp³-hybridized carbons (Fsp3) is 0.565. The van der Waals surface area contributed by atoms with Crippen molar-refractivity contribution in [3.05, 3.63) is 53.2 Å². The van der Waals surface area contributed by atoms with Gasteiger partial charge in [0.05, 0.1) is 31.5 Å². The summed E-state index contributed by atoms with van der Waals surface area (Å²) in [4.78, 5) is 6.69. The fourth-order valence-electron chi connectivity index (χ4n) is 3.93. The summed E-state index contributed by atoms with van der Waals surface area (Å²) >= 11 is 0. The number of rotatable bonds is 9. The molecule has 1 aliphatic heterocycles. The van der Waals surface area contributed by atoms with E-state index in [1.807, 2.05) is 18.2 Å². The van der Waals surface area contributed by atoms with Gasteiger partial charge in [0.1, 0.15) is 5.82 Å². The van der Waals surface area contributed by atoms with Crippen LogP contribution < -0.4 is 10.6 Å².